The molecule has 32 heavy (non-hydrogen) atoms. The third-order valence-corrected chi connectivity index (χ3v) is 6.48. The van der Waals surface area contributed by atoms with Crippen molar-refractivity contribution in [3.8, 4) is 11.3 Å². The SMILES string of the molecule is C=S(=O)(Nc1ccccc1)c1cccc(Nc2nccc(-c3ccc4nc[nH]c4c3)n2)c1. The van der Waals surface area contributed by atoms with E-state index in [4.69, 9.17) is 0 Å². The molecule has 3 N–H and O–H groups in total. The summed E-state index contributed by atoms with van der Waals surface area (Å²) in [5.74, 6) is 4.35. The van der Waals surface area contributed by atoms with Gasteiger partial charge in [0.05, 0.1) is 37.7 Å². The number of nitrogens with zero attached hydrogens (tertiary/aromatic N) is 3. The largest absolute Gasteiger partial charge is 0.345 e. The third kappa shape index (κ3) is 4.17. The molecule has 2 heterocycles. The Morgan fingerprint density at radius 2 is 1.72 bits per heavy atom. The topological polar surface area (TPSA) is 95.6 Å². The van der Waals surface area contributed by atoms with Crippen LogP contribution in [0.2, 0.25) is 0 Å². The monoisotopic (exact) mass is 440 g/mol. The highest BCUT2D eigenvalue weighted by Crippen LogP contribution is 2.24. The zero-order chi connectivity index (χ0) is 22.0. The van der Waals surface area contributed by atoms with Gasteiger partial charge < -0.3 is 15.0 Å². The number of para-hydroxylation sites is 1. The smallest absolute Gasteiger partial charge is 0.227 e. The Morgan fingerprint density at radius 1 is 0.875 bits per heavy atom. The first-order valence-corrected chi connectivity index (χ1v) is 11.6. The number of fused-ring (bicyclic) bond motifs is 1. The molecule has 8 heteroatoms. The van der Waals surface area contributed by atoms with E-state index in [1.165, 1.54) is 0 Å². The van der Waals surface area contributed by atoms with Crippen LogP contribution >= 0.6 is 0 Å². The number of aromatic nitrogens is 4. The first-order valence-electron chi connectivity index (χ1n) is 9.91. The van der Waals surface area contributed by atoms with Crippen LogP contribution in [0.3, 0.4) is 0 Å². The van der Waals surface area contributed by atoms with Gasteiger partial charge in [0.1, 0.15) is 0 Å². The number of anilines is 3. The normalized spacial score (nSPS) is 12.9. The molecular formula is C24H20N6OS. The van der Waals surface area contributed by atoms with Crippen LogP contribution in [-0.2, 0) is 9.71 Å². The second-order valence-corrected chi connectivity index (χ2v) is 9.22. The average molecular weight is 441 g/mol. The van der Waals surface area contributed by atoms with Crippen LogP contribution < -0.4 is 10.0 Å². The third-order valence-electron chi connectivity index (χ3n) is 4.90. The molecule has 2 aromatic heterocycles. The lowest BCUT2D eigenvalue weighted by Gasteiger charge is -2.14. The van der Waals surface area contributed by atoms with E-state index in [-0.39, 0.29) is 0 Å². The van der Waals surface area contributed by atoms with Crippen molar-refractivity contribution >= 4 is 43.9 Å². The molecule has 0 amide bonds. The molecule has 0 aliphatic rings. The molecule has 0 bridgehead atoms. The zero-order valence-corrected chi connectivity index (χ0v) is 17.8. The number of hydrogen-bond acceptors (Lipinski definition) is 5. The number of H-pyrrole nitrogens is 1. The molecule has 1 atom stereocenters. The average Bonchev–Trinajstić information content (AvgIpc) is 3.28. The maximum atomic E-state index is 13.2. The molecule has 5 aromatic rings. The fourth-order valence-corrected chi connectivity index (χ4v) is 4.59. The molecule has 0 saturated carbocycles. The molecule has 0 fully saturated rings. The molecule has 3 aromatic carbocycles. The second kappa shape index (κ2) is 8.16. The van der Waals surface area contributed by atoms with Gasteiger partial charge in [0.15, 0.2) is 0 Å². The van der Waals surface area contributed by atoms with Gasteiger partial charge in [-0.25, -0.2) is 19.2 Å². The van der Waals surface area contributed by atoms with Crippen molar-refractivity contribution in [2.24, 2.45) is 0 Å². The first-order chi connectivity index (χ1) is 15.6. The van der Waals surface area contributed by atoms with Gasteiger partial charge in [0.25, 0.3) is 0 Å². The van der Waals surface area contributed by atoms with Gasteiger partial charge in [-0.3, -0.25) is 0 Å². The molecule has 0 saturated heterocycles. The Kier molecular flexibility index (Phi) is 5.04. The van der Waals surface area contributed by atoms with Crippen LogP contribution in [0.25, 0.3) is 22.3 Å². The van der Waals surface area contributed by atoms with E-state index in [2.05, 4.69) is 35.8 Å². The molecule has 1 unspecified atom stereocenters. The number of benzene rings is 3. The van der Waals surface area contributed by atoms with Crippen molar-refractivity contribution < 1.29 is 4.21 Å². The molecule has 0 spiro atoms. The lowest BCUT2D eigenvalue weighted by atomic mass is 10.1. The van der Waals surface area contributed by atoms with Gasteiger partial charge in [0.2, 0.25) is 5.95 Å². The van der Waals surface area contributed by atoms with E-state index in [0.29, 0.717) is 10.8 Å². The van der Waals surface area contributed by atoms with Gasteiger partial charge in [-0.1, -0.05) is 30.3 Å². The van der Waals surface area contributed by atoms with Crippen LogP contribution in [0.4, 0.5) is 17.3 Å². The summed E-state index contributed by atoms with van der Waals surface area (Å²) in [7, 11) is -2.73. The molecule has 0 radical (unpaired) electrons. The van der Waals surface area contributed by atoms with Crippen molar-refractivity contribution in [1.29, 1.82) is 0 Å². The molecule has 5 rings (SSSR count). The molecule has 158 valence electrons. The highest BCUT2D eigenvalue weighted by atomic mass is 32.2. The van der Waals surface area contributed by atoms with Crippen LogP contribution in [0.15, 0.2) is 96.3 Å². The van der Waals surface area contributed by atoms with Crippen molar-refractivity contribution in [3.05, 3.63) is 91.4 Å². The minimum absolute atomic E-state index is 0.441. The molecule has 0 aliphatic carbocycles. The zero-order valence-electron chi connectivity index (χ0n) is 17.0. The van der Waals surface area contributed by atoms with Crippen LogP contribution in [0.1, 0.15) is 0 Å². The number of hydrogen-bond donors (Lipinski definition) is 3. The lowest BCUT2D eigenvalue weighted by molar-refractivity contribution is 0.684. The van der Waals surface area contributed by atoms with Crippen LogP contribution in [-0.4, -0.2) is 30.0 Å². The summed E-state index contributed by atoms with van der Waals surface area (Å²) in [6, 6.07) is 24.4. The van der Waals surface area contributed by atoms with E-state index in [0.717, 1.165) is 33.7 Å². The summed E-state index contributed by atoms with van der Waals surface area (Å²) in [6.07, 6.45) is 3.37. The number of rotatable bonds is 6. The molecule has 0 aliphatic heterocycles. The lowest BCUT2D eigenvalue weighted by Crippen LogP contribution is -2.12. The minimum Gasteiger partial charge on any atom is -0.345 e. The number of nitrogens with one attached hydrogen (secondary N) is 3. The summed E-state index contributed by atoms with van der Waals surface area (Å²) >= 11 is 0. The predicted octanol–water partition coefficient (Wildman–Crippen LogP) is 4.87. The van der Waals surface area contributed by atoms with Crippen molar-refractivity contribution in [3.63, 3.8) is 0 Å². The van der Waals surface area contributed by atoms with E-state index in [1.807, 2.05) is 66.7 Å². The van der Waals surface area contributed by atoms with Crippen molar-refractivity contribution in [1.82, 2.24) is 19.9 Å². The Labute approximate surface area is 185 Å². The Morgan fingerprint density at radius 3 is 2.59 bits per heavy atom. The molecule has 7 nitrogen and oxygen atoms in total. The summed E-state index contributed by atoms with van der Waals surface area (Å²) in [6.45, 7) is 0. The quantitative estimate of drug-likeness (QED) is 0.328. The highest BCUT2D eigenvalue weighted by Gasteiger charge is 2.10. The summed E-state index contributed by atoms with van der Waals surface area (Å²) in [5.41, 5.74) is 5.04. The molecular weight excluding hydrogens is 420 g/mol. The first kappa shape index (κ1) is 19.8. The summed E-state index contributed by atoms with van der Waals surface area (Å²) in [5, 5.41) is 3.20. The summed E-state index contributed by atoms with van der Waals surface area (Å²) < 4.78 is 16.2. The fraction of sp³-hybridized carbons (Fsp3) is 0. The Balaban J connectivity index is 1.39. The van der Waals surface area contributed by atoms with E-state index >= 15 is 0 Å². The number of imidazole rings is 1. The van der Waals surface area contributed by atoms with Gasteiger partial charge >= 0.3 is 0 Å². The van der Waals surface area contributed by atoms with Crippen molar-refractivity contribution in [2.45, 2.75) is 4.90 Å². The Bertz CT molecular complexity index is 1500. The van der Waals surface area contributed by atoms with Gasteiger partial charge in [0, 0.05) is 23.1 Å². The van der Waals surface area contributed by atoms with Gasteiger partial charge in [-0.2, -0.15) is 0 Å². The maximum Gasteiger partial charge on any atom is 0.227 e. The fourth-order valence-electron chi connectivity index (χ4n) is 3.34. The second-order valence-electron chi connectivity index (χ2n) is 7.20. The van der Waals surface area contributed by atoms with Gasteiger partial charge in [-0.15, -0.1) is 0 Å². The van der Waals surface area contributed by atoms with E-state index in [1.54, 1.807) is 24.7 Å². The summed E-state index contributed by atoms with van der Waals surface area (Å²) in [4.78, 5) is 16.9. The maximum absolute atomic E-state index is 13.2. The van der Waals surface area contributed by atoms with Gasteiger partial charge in [-0.05, 0) is 54.4 Å². The highest BCUT2D eigenvalue weighted by molar-refractivity contribution is 8.01. The van der Waals surface area contributed by atoms with E-state index < -0.39 is 9.71 Å². The Hall–Kier alpha value is -4.17. The van der Waals surface area contributed by atoms with E-state index in [9.17, 15) is 4.21 Å². The van der Waals surface area contributed by atoms with Crippen LogP contribution in [0, 0.1) is 0 Å². The predicted molar refractivity (Wildman–Crippen MR) is 130 cm³/mol. The number of aromatic amines is 1. The standard InChI is InChI=1S/C24H20N6OS/c1-32(31,30-18-6-3-2-4-7-18)20-9-5-8-19(15-20)28-24-25-13-12-21(29-24)17-10-11-22-23(14-17)27-16-26-22/h2-16H,1H2,(H,26,27)(H,30,31)(H,25,28,29). The van der Waals surface area contributed by atoms with Crippen LogP contribution in [0.5, 0.6) is 0 Å². The van der Waals surface area contributed by atoms with Crippen molar-refractivity contribution in [2.75, 3.05) is 10.0 Å². The minimum atomic E-state index is -2.73.